The van der Waals surface area contributed by atoms with Gasteiger partial charge in [0.2, 0.25) is 0 Å². The van der Waals surface area contributed by atoms with Crippen LogP contribution in [0.15, 0.2) is 65.8 Å². The van der Waals surface area contributed by atoms with Gasteiger partial charge in [0, 0.05) is 42.0 Å². The van der Waals surface area contributed by atoms with Crippen LogP contribution in [0.1, 0.15) is 27.9 Å². The number of pyridine rings is 1. The van der Waals surface area contributed by atoms with Crippen molar-refractivity contribution in [3.63, 3.8) is 0 Å². The number of thiophene rings is 1. The molecule has 1 atom stereocenters. The zero-order valence-corrected chi connectivity index (χ0v) is 20.7. The highest BCUT2D eigenvalue weighted by atomic mass is 127. The van der Waals surface area contributed by atoms with Crippen LogP contribution in [0.5, 0.6) is 5.75 Å². The molecule has 0 radical (unpaired) electrons. The highest BCUT2D eigenvalue weighted by Gasteiger charge is 2.08. The zero-order chi connectivity index (χ0) is 20.5. The maximum atomic E-state index is 5.86. The van der Waals surface area contributed by atoms with Crippen molar-refractivity contribution in [3.05, 3.63) is 81.8 Å². The second kappa shape index (κ2) is 12.5. The van der Waals surface area contributed by atoms with Crippen molar-refractivity contribution in [2.75, 3.05) is 7.05 Å². The Bertz CT molecular complexity index is 930. The van der Waals surface area contributed by atoms with E-state index in [4.69, 9.17) is 4.74 Å². The lowest BCUT2D eigenvalue weighted by atomic mass is 10.2. The van der Waals surface area contributed by atoms with Crippen LogP contribution in [0.3, 0.4) is 0 Å². The third-order valence-electron chi connectivity index (χ3n) is 4.38. The molecule has 0 spiro atoms. The van der Waals surface area contributed by atoms with Crippen LogP contribution in [-0.4, -0.2) is 24.0 Å². The second-order valence-corrected chi connectivity index (χ2v) is 8.32. The van der Waals surface area contributed by atoms with Crippen molar-refractivity contribution in [2.45, 2.75) is 39.5 Å². The molecule has 0 aliphatic carbocycles. The van der Waals surface area contributed by atoms with Crippen LogP contribution < -0.4 is 15.4 Å². The van der Waals surface area contributed by atoms with E-state index in [1.165, 1.54) is 9.75 Å². The molecule has 2 heterocycles. The summed E-state index contributed by atoms with van der Waals surface area (Å²) in [6.45, 7) is 5.45. The van der Waals surface area contributed by atoms with Crippen molar-refractivity contribution in [3.8, 4) is 5.75 Å². The van der Waals surface area contributed by atoms with Crippen molar-refractivity contribution in [1.82, 2.24) is 15.6 Å². The Morgan fingerprint density at radius 1 is 1.17 bits per heavy atom. The standard InChI is InChI=1S/C23H28N4OS.HI/c1-17(13-22-11-10-18(2)29-22)27-23(24-3)26-15-19-7-6-9-21(14-19)28-16-20-8-4-5-12-25-20;/h4-12,14,17H,13,15-16H2,1-3H3,(H2,24,26,27);1H. The number of ether oxygens (including phenoxy) is 1. The third-order valence-corrected chi connectivity index (χ3v) is 5.40. The van der Waals surface area contributed by atoms with Gasteiger partial charge in [-0.3, -0.25) is 9.98 Å². The number of benzene rings is 1. The summed E-state index contributed by atoms with van der Waals surface area (Å²) in [5, 5.41) is 6.84. The van der Waals surface area contributed by atoms with Gasteiger partial charge in [-0.15, -0.1) is 35.3 Å². The highest BCUT2D eigenvalue weighted by molar-refractivity contribution is 14.0. The van der Waals surface area contributed by atoms with Crippen molar-refractivity contribution >= 4 is 41.3 Å². The summed E-state index contributed by atoms with van der Waals surface area (Å²) in [5.74, 6) is 1.63. The minimum atomic E-state index is 0. The number of rotatable bonds is 8. The Hall–Kier alpha value is -2.13. The third kappa shape index (κ3) is 7.95. The molecule has 30 heavy (non-hydrogen) atoms. The maximum absolute atomic E-state index is 5.86. The lowest BCUT2D eigenvalue weighted by molar-refractivity contribution is 0.301. The molecule has 0 bridgehead atoms. The molecule has 0 aliphatic rings. The summed E-state index contributed by atoms with van der Waals surface area (Å²) in [6, 6.07) is 18.6. The molecule has 3 rings (SSSR count). The first-order valence-electron chi connectivity index (χ1n) is 9.76. The van der Waals surface area contributed by atoms with Crippen LogP contribution in [0.2, 0.25) is 0 Å². The summed E-state index contributed by atoms with van der Waals surface area (Å²) in [6.07, 6.45) is 2.76. The van der Waals surface area contributed by atoms with Crippen LogP contribution >= 0.6 is 35.3 Å². The van der Waals surface area contributed by atoms with E-state index in [2.05, 4.69) is 52.7 Å². The van der Waals surface area contributed by atoms with Crippen molar-refractivity contribution < 1.29 is 4.74 Å². The van der Waals surface area contributed by atoms with Gasteiger partial charge in [-0.05, 0) is 55.8 Å². The van der Waals surface area contributed by atoms with Gasteiger partial charge in [-0.2, -0.15) is 0 Å². The number of nitrogens with zero attached hydrogens (tertiary/aromatic N) is 2. The van der Waals surface area contributed by atoms with Crippen LogP contribution in [0.25, 0.3) is 0 Å². The van der Waals surface area contributed by atoms with Gasteiger partial charge in [-0.1, -0.05) is 18.2 Å². The van der Waals surface area contributed by atoms with Crippen LogP contribution in [-0.2, 0) is 19.6 Å². The number of aromatic nitrogens is 1. The van der Waals surface area contributed by atoms with Crippen molar-refractivity contribution in [2.24, 2.45) is 4.99 Å². The van der Waals surface area contributed by atoms with E-state index in [1.54, 1.807) is 13.2 Å². The maximum Gasteiger partial charge on any atom is 0.191 e. The van der Waals surface area contributed by atoms with Gasteiger partial charge < -0.3 is 15.4 Å². The molecule has 2 aromatic heterocycles. The van der Waals surface area contributed by atoms with E-state index in [9.17, 15) is 0 Å². The number of nitrogens with one attached hydrogen (secondary N) is 2. The first-order chi connectivity index (χ1) is 14.1. The highest BCUT2D eigenvalue weighted by Crippen LogP contribution is 2.17. The van der Waals surface area contributed by atoms with Gasteiger partial charge in [0.1, 0.15) is 12.4 Å². The zero-order valence-electron chi connectivity index (χ0n) is 17.6. The molecule has 1 unspecified atom stereocenters. The lowest BCUT2D eigenvalue weighted by Crippen LogP contribution is -2.42. The Morgan fingerprint density at radius 3 is 2.73 bits per heavy atom. The first-order valence-corrected chi connectivity index (χ1v) is 10.6. The van der Waals surface area contributed by atoms with Gasteiger partial charge in [0.05, 0.1) is 5.69 Å². The predicted octanol–water partition coefficient (Wildman–Crippen LogP) is 4.94. The monoisotopic (exact) mass is 536 g/mol. The summed E-state index contributed by atoms with van der Waals surface area (Å²) < 4.78 is 5.86. The molecule has 0 saturated carbocycles. The van der Waals surface area contributed by atoms with Gasteiger partial charge in [0.15, 0.2) is 5.96 Å². The molecular formula is C23H29IN4OS. The molecule has 160 valence electrons. The topological polar surface area (TPSA) is 58.5 Å². The molecular weight excluding hydrogens is 507 g/mol. The number of hydrogen-bond donors (Lipinski definition) is 2. The van der Waals surface area contributed by atoms with E-state index in [-0.39, 0.29) is 24.0 Å². The normalized spacial score (nSPS) is 12.0. The van der Waals surface area contributed by atoms with E-state index in [1.807, 2.05) is 47.7 Å². The SMILES string of the molecule is CN=C(NCc1cccc(OCc2ccccn2)c1)NC(C)Cc1ccc(C)s1.I. The van der Waals surface area contributed by atoms with E-state index in [0.717, 1.165) is 29.4 Å². The number of halogens is 1. The molecule has 0 amide bonds. The quantitative estimate of drug-likeness (QED) is 0.243. The molecule has 7 heteroatoms. The predicted molar refractivity (Wildman–Crippen MR) is 136 cm³/mol. The Labute approximate surface area is 200 Å². The number of hydrogen-bond acceptors (Lipinski definition) is 4. The Morgan fingerprint density at radius 2 is 2.03 bits per heavy atom. The van der Waals surface area contributed by atoms with Gasteiger partial charge in [-0.25, -0.2) is 0 Å². The van der Waals surface area contributed by atoms with Crippen molar-refractivity contribution in [1.29, 1.82) is 0 Å². The minimum absolute atomic E-state index is 0. The van der Waals surface area contributed by atoms with Gasteiger partial charge >= 0.3 is 0 Å². The average molecular weight is 536 g/mol. The first kappa shape index (κ1) is 24.1. The molecule has 0 saturated heterocycles. The van der Waals surface area contributed by atoms with Gasteiger partial charge in [0.25, 0.3) is 0 Å². The summed E-state index contributed by atoms with van der Waals surface area (Å²) in [5.41, 5.74) is 2.04. The largest absolute Gasteiger partial charge is 0.487 e. The average Bonchev–Trinajstić information content (AvgIpc) is 3.15. The molecule has 3 aromatic rings. The molecule has 0 fully saturated rings. The van der Waals surface area contributed by atoms with E-state index < -0.39 is 0 Å². The number of guanidine groups is 1. The number of aryl methyl sites for hydroxylation is 1. The summed E-state index contributed by atoms with van der Waals surface area (Å²) in [7, 11) is 1.80. The number of aliphatic imine (C=N–C) groups is 1. The second-order valence-electron chi connectivity index (χ2n) is 6.94. The lowest BCUT2D eigenvalue weighted by Gasteiger charge is -2.17. The Balaban J connectivity index is 0.00000320. The molecule has 5 nitrogen and oxygen atoms in total. The summed E-state index contributed by atoms with van der Waals surface area (Å²) >= 11 is 1.85. The summed E-state index contributed by atoms with van der Waals surface area (Å²) in [4.78, 5) is 11.4. The Kier molecular flexibility index (Phi) is 10.1. The molecule has 0 aliphatic heterocycles. The minimum Gasteiger partial charge on any atom is -0.487 e. The molecule has 2 N–H and O–H groups in total. The van der Waals surface area contributed by atoms with Crippen LogP contribution in [0.4, 0.5) is 0 Å². The fraction of sp³-hybridized carbons (Fsp3) is 0.304. The fourth-order valence-electron chi connectivity index (χ4n) is 2.95. The molecule has 1 aromatic carbocycles. The van der Waals surface area contributed by atoms with Crippen LogP contribution in [0, 0.1) is 6.92 Å². The smallest absolute Gasteiger partial charge is 0.191 e. The van der Waals surface area contributed by atoms with E-state index in [0.29, 0.717) is 19.2 Å². The van der Waals surface area contributed by atoms with E-state index >= 15 is 0 Å². The fourth-order valence-corrected chi connectivity index (χ4v) is 3.97.